The second-order valence-electron chi connectivity index (χ2n) is 6.11. The van der Waals surface area contributed by atoms with Gasteiger partial charge in [0, 0.05) is 6.54 Å². The van der Waals surface area contributed by atoms with Crippen molar-refractivity contribution in [2.45, 2.75) is 6.42 Å². The van der Waals surface area contributed by atoms with Crippen LogP contribution in [-0.4, -0.2) is 38.2 Å². The summed E-state index contributed by atoms with van der Waals surface area (Å²) in [4.78, 5) is 0. The molecule has 0 fully saturated rings. The lowest BCUT2D eigenvalue weighted by Gasteiger charge is -2.12. The minimum atomic E-state index is 0.402. The molecule has 0 atom stereocenters. The Morgan fingerprint density at radius 2 is 1.80 bits per heavy atom. The Hall–Kier alpha value is -3.32. The second-order valence-corrected chi connectivity index (χ2v) is 6.52. The van der Waals surface area contributed by atoms with Crippen LogP contribution in [0, 0.1) is 0 Å². The van der Waals surface area contributed by atoms with Gasteiger partial charge < -0.3 is 19.5 Å². The van der Waals surface area contributed by atoms with Crippen molar-refractivity contribution in [1.82, 2.24) is 10.7 Å². The fourth-order valence-corrected chi connectivity index (χ4v) is 2.59. The van der Waals surface area contributed by atoms with Crippen molar-refractivity contribution in [3.63, 3.8) is 0 Å². The summed E-state index contributed by atoms with van der Waals surface area (Å²) >= 11 is 5.06. The third-order valence-corrected chi connectivity index (χ3v) is 4.12. The van der Waals surface area contributed by atoms with E-state index in [1.54, 1.807) is 19.4 Å². The largest absolute Gasteiger partial charge is 0.493 e. The first-order chi connectivity index (χ1) is 14.7. The molecule has 0 radical (unpaired) electrons. The van der Waals surface area contributed by atoms with E-state index >= 15 is 0 Å². The summed E-state index contributed by atoms with van der Waals surface area (Å²) in [6, 6.07) is 13.4. The van der Waals surface area contributed by atoms with Gasteiger partial charge in [0.05, 0.1) is 13.3 Å². The molecule has 2 aromatic carbocycles. The molecule has 2 aromatic rings. The molecule has 2 N–H and O–H groups in total. The van der Waals surface area contributed by atoms with E-state index < -0.39 is 0 Å². The van der Waals surface area contributed by atoms with Crippen LogP contribution >= 0.6 is 12.2 Å². The summed E-state index contributed by atoms with van der Waals surface area (Å²) in [5, 5.41) is 7.45. The van der Waals surface area contributed by atoms with Crippen molar-refractivity contribution in [3.8, 4) is 17.2 Å². The number of nitrogens with one attached hydrogen (secondary N) is 2. The number of allylic oxidation sites excluding steroid dienone is 1. The van der Waals surface area contributed by atoms with Crippen LogP contribution in [0.25, 0.3) is 0 Å². The molecule has 7 heteroatoms. The smallest absolute Gasteiger partial charge is 0.187 e. The SMILES string of the molecule is C=CCNC(=S)N/N=C/c1ccc(OCCOc2ccc(CC=C)cc2OC)cc1. The van der Waals surface area contributed by atoms with E-state index in [1.807, 2.05) is 48.5 Å². The first kappa shape index (κ1) is 23.0. The van der Waals surface area contributed by atoms with Crippen molar-refractivity contribution < 1.29 is 14.2 Å². The average Bonchev–Trinajstić information content (AvgIpc) is 2.77. The van der Waals surface area contributed by atoms with Gasteiger partial charge in [-0.05, 0) is 66.2 Å². The number of thiocarbonyl (C=S) groups is 1. The fourth-order valence-electron chi connectivity index (χ4n) is 2.46. The van der Waals surface area contributed by atoms with Crippen molar-refractivity contribution >= 4 is 23.5 Å². The van der Waals surface area contributed by atoms with Crippen LogP contribution in [0.2, 0.25) is 0 Å². The van der Waals surface area contributed by atoms with Crippen LogP contribution in [0.4, 0.5) is 0 Å². The zero-order valence-corrected chi connectivity index (χ0v) is 17.9. The molecule has 0 bridgehead atoms. The lowest BCUT2D eigenvalue weighted by Crippen LogP contribution is -2.31. The molecule has 0 aliphatic heterocycles. The van der Waals surface area contributed by atoms with E-state index in [2.05, 4.69) is 29.0 Å². The van der Waals surface area contributed by atoms with Gasteiger partial charge in [-0.25, -0.2) is 0 Å². The van der Waals surface area contributed by atoms with Crippen molar-refractivity contribution in [2.75, 3.05) is 26.9 Å². The second kappa shape index (κ2) is 13.0. The molecule has 0 aromatic heterocycles. The maximum Gasteiger partial charge on any atom is 0.187 e. The lowest BCUT2D eigenvalue weighted by atomic mass is 10.1. The Balaban J connectivity index is 1.76. The first-order valence-corrected chi connectivity index (χ1v) is 9.88. The molecular formula is C23H27N3O3S. The van der Waals surface area contributed by atoms with E-state index in [4.69, 9.17) is 26.4 Å². The van der Waals surface area contributed by atoms with Gasteiger partial charge in [0.1, 0.15) is 19.0 Å². The summed E-state index contributed by atoms with van der Waals surface area (Å²) < 4.78 is 16.9. The van der Waals surface area contributed by atoms with Crippen LogP contribution in [0.3, 0.4) is 0 Å². The standard InChI is InChI=1S/C23H27N3O3S/c1-4-6-18-9-12-21(22(16-18)27-3)29-15-14-28-20-10-7-19(8-11-20)17-25-26-23(30)24-13-5-2/h4-5,7-12,16-17H,1-2,6,13-15H2,3H3,(H2,24,26,30)/b25-17+. The third-order valence-electron chi connectivity index (χ3n) is 3.88. The van der Waals surface area contributed by atoms with Gasteiger partial charge in [0.15, 0.2) is 16.6 Å². The minimum Gasteiger partial charge on any atom is -0.493 e. The molecule has 0 saturated heterocycles. The molecular weight excluding hydrogens is 398 g/mol. The Kier molecular flexibility index (Phi) is 9.96. The molecule has 0 aliphatic carbocycles. The molecule has 0 saturated carbocycles. The average molecular weight is 426 g/mol. The Labute approximate surface area is 183 Å². The molecule has 0 aliphatic rings. The molecule has 0 spiro atoms. The zero-order valence-electron chi connectivity index (χ0n) is 17.1. The molecule has 158 valence electrons. The highest BCUT2D eigenvalue weighted by Gasteiger charge is 2.05. The normalized spacial score (nSPS) is 10.3. The van der Waals surface area contributed by atoms with Gasteiger partial charge in [-0.3, -0.25) is 5.43 Å². The molecule has 6 nitrogen and oxygen atoms in total. The van der Waals surface area contributed by atoms with E-state index in [9.17, 15) is 0 Å². The molecule has 0 heterocycles. The quantitative estimate of drug-likeness (QED) is 0.177. The van der Waals surface area contributed by atoms with Gasteiger partial charge in [-0.2, -0.15) is 5.10 Å². The Morgan fingerprint density at radius 3 is 2.50 bits per heavy atom. The van der Waals surface area contributed by atoms with Crippen LogP contribution in [0.1, 0.15) is 11.1 Å². The lowest BCUT2D eigenvalue weighted by molar-refractivity contribution is 0.211. The number of hydrazone groups is 1. The van der Waals surface area contributed by atoms with E-state index in [0.29, 0.717) is 36.4 Å². The molecule has 2 rings (SSSR count). The molecule has 0 amide bonds. The van der Waals surface area contributed by atoms with E-state index in [-0.39, 0.29) is 0 Å². The first-order valence-electron chi connectivity index (χ1n) is 9.47. The number of ether oxygens (including phenoxy) is 3. The maximum atomic E-state index is 5.78. The van der Waals surface area contributed by atoms with Gasteiger partial charge in [0.25, 0.3) is 0 Å². The number of nitrogens with zero attached hydrogens (tertiary/aromatic N) is 1. The molecule has 30 heavy (non-hydrogen) atoms. The number of benzene rings is 2. The number of hydrogen-bond donors (Lipinski definition) is 2. The number of rotatable bonds is 12. The summed E-state index contributed by atoms with van der Waals surface area (Å²) in [6.07, 6.45) is 6.04. The minimum absolute atomic E-state index is 0.402. The highest BCUT2D eigenvalue weighted by Crippen LogP contribution is 2.28. The maximum absolute atomic E-state index is 5.78. The number of methoxy groups -OCH3 is 1. The van der Waals surface area contributed by atoms with Crippen molar-refractivity contribution in [3.05, 3.63) is 78.9 Å². The van der Waals surface area contributed by atoms with Gasteiger partial charge in [0.2, 0.25) is 0 Å². The monoisotopic (exact) mass is 425 g/mol. The van der Waals surface area contributed by atoms with Crippen LogP contribution in [0.5, 0.6) is 17.2 Å². The van der Waals surface area contributed by atoms with Crippen molar-refractivity contribution in [2.24, 2.45) is 5.10 Å². The Bertz CT molecular complexity index is 866. The zero-order chi connectivity index (χ0) is 21.6. The topological polar surface area (TPSA) is 64.1 Å². The van der Waals surface area contributed by atoms with Gasteiger partial charge in [-0.15, -0.1) is 13.2 Å². The highest BCUT2D eigenvalue weighted by molar-refractivity contribution is 7.80. The third kappa shape index (κ3) is 7.97. The summed E-state index contributed by atoms with van der Waals surface area (Å²) in [7, 11) is 1.63. The predicted octanol–water partition coefficient (Wildman–Crippen LogP) is 3.87. The Morgan fingerprint density at radius 1 is 1.03 bits per heavy atom. The number of hydrogen-bond acceptors (Lipinski definition) is 5. The van der Waals surface area contributed by atoms with Crippen LogP contribution < -0.4 is 25.0 Å². The van der Waals surface area contributed by atoms with Crippen molar-refractivity contribution in [1.29, 1.82) is 0 Å². The van der Waals surface area contributed by atoms with E-state index in [1.165, 1.54) is 0 Å². The van der Waals surface area contributed by atoms with Crippen LogP contribution in [0.15, 0.2) is 72.9 Å². The van der Waals surface area contributed by atoms with E-state index in [0.717, 1.165) is 23.3 Å². The van der Waals surface area contributed by atoms with Crippen LogP contribution in [-0.2, 0) is 6.42 Å². The highest BCUT2D eigenvalue weighted by atomic mass is 32.1. The predicted molar refractivity (Wildman–Crippen MR) is 126 cm³/mol. The summed E-state index contributed by atoms with van der Waals surface area (Å²) in [5.74, 6) is 2.14. The summed E-state index contributed by atoms with van der Waals surface area (Å²) in [5.41, 5.74) is 4.78. The fraction of sp³-hybridized carbons (Fsp3) is 0.217. The van der Waals surface area contributed by atoms with Gasteiger partial charge in [-0.1, -0.05) is 18.2 Å². The molecule has 0 unspecified atom stereocenters. The van der Waals surface area contributed by atoms with Gasteiger partial charge >= 0.3 is 0 Å². The summed E-state index contributed by atoms with van der Waals surface area (Å²) in [6.45, 7) is 8.76.